The second-order valence-electron chi connectivity index (χ2n) is 6.51. The highest BCUT2D eigenvalue weighted by Crippen LogP contribution is 2.22. The van der Waals surface area contributed by atoms with E-state index in [0.29, 0.717) is 5.69 Å². The van der Waals surface area contributed by atoms with Crippen LogP contribution in [-0.4, -0.2) is 53.2 Å². The third-order valence-electron chi connectivity index (χ3n) is 4.32. The Labute approximate surface area is 163 Å². The summed E-state index contributed by atoms with van der Waals surface area (Å²) >= 11 is 1.36. The molecule has 2 aromatic rings. The van der Waals surface area contributed by atoms with E-state index in [1.807, 2.05) is 0 Å². The van der Waals surface area contributed by atoms with Crippen molar-refractivity contribution < 1.29 is 13.2 Å². The van der Waals surface area contributed by atoms with Gasteiger partial charge in [0.2, 0.25) is 15.9 Å². The number of carbonyl (C=O) groups excluding carboxylic acids is 1. The molecule has 1 N–H and O–H groups in total. The molecule has 0 radical (unpaired) electrons. The van der Waals surface area contributed by atoms with Crippen molar-refractivity contribution in [3.05, 3.63) is 30.1 Å². The topological polar surface area (TPSA) is 97.2 Å². The molecule has 1 aliphatic heterocycles. The van der Waals surface area contributed by atoms with Crippen molar-refractivity contribution in [1.29, 1.82) is 0 Å². The second kappa shape index (κ2) is 8.41. The molecule has 0 saturated carbocycles. The fourth-order valence-electron chi connectivity index (χ4n) is 2.81. The maximum absolute atomic E-state index is 12.2. The molecule has 0 unspecified atom stereocenters. The van der Waals surface area contributed by atoms with Gasteiger partial charge in [-0.25, -0.2) is 12.7 Å². The lowest BCUT2D eigenvalue weighted by Crippen LogP contribution is -2.22. The third kappa shape index (κ3) is 4.69. The molecule has 8 nitrogen and oxygen atoms in total. The predicted octanol–water partition coefficient (Wildman–Crippen LogP) is 1.99. The van der Waals surface area contributed by atoms with E-state index in [-0.39, 0.29) is 16.6 Å². The maximum Gasteiger partial charge on any atom is 0.242 e. The summed E-state index contributed by atoms with van der Waals surface area (Å²) in [7, 11) is -0.516. The van der Waals surface area contributed by atoms with E-state index in [1.54, 1.807) is 12.1 Å². The summed E-state index contributed by atoms with van der Waals surface area (Å²) in [6.45, 7) is 0.897. The van der Waals surface area contributed by atoms with E-state index in [4.69, 9.17) is 0 Å². The Bertz CT molecular complexity index is 907. The van der Waals surface area contributed by atoms with Crippen molar-refractivity contribution in [3.8, 4) is 0 Å². The van der Waals surface area contributed by atoms with E-state index >= 15 is 0 Å². The molecule has 0 spiro atoms. The molecular weight excluding hydrogens is 386 g/mol. The van der Waals surface area contributed by atoms with Crippen molar-refractivity contribution in [3.63, 3.8) is 0 Å². The number of anilines is 1. The van der Waals surface area contributed by atoms with E-state index in [2.05, 4.69) is 20.1 Å². The lowest BCUT2D eigenvalue weighted by atomic mass is 10.2. The molecule has 1 aromatic carbocycles. The van der Waals surface area contributed by atoms with Gasteiger partial charge in [0.15, 0.2) is 5.16 Å². The first-order valence-corrected chi connectivity index (χ1v) is 11.2. The minimum Gasteiger partial charge on any atom is -0.325 e. The molecular formula is C17H23N5O3S2. The predicted molar refractivity (Wildman–Crippen MR) is 104 cm³/mol. The zero-order chi connectivity index (χ0) is 19.4. The lowest BCUT2D eigenvalue weighted by molar-refractivity contribution is -0.113. The van der Waals surface area contributed by atoms with Crippen LogP contribution in [0.1, 0.15) is 25.1 Å². The molecule has 146 valence electrons. The summed E-state index contributed by atoms with van der Waals surface area (Å²) in [5.74, 6) is 1.04. The Hall–Kier alpha value is -1.91. The van der Waals surface area contributed by atoms with Crippen molar-refractivity contribution in [1.82, 2.24) is 19.1 Å². The van der Waals surface area contributed by atoms with Gasteiger partial charge in [0, 0.05) is 32.7 Å². The molecule has 2 heterocycles. The minimum atomic E-state index is -3.48. The van der Waals surface area contributed by atoms with Gasteiger partial charge in [-0.05, 0) is 37.1 Å². The number of aromatic nitrogens is 3. The first-order valence-electron chi connectivity index (χ1n) is 8.75. The Morgan fingerprint density at radius 2 is 1.93 bits per heavy atom. The van der Waals surface area contributed by atoms with Crippen LogP contribution in [0.15, 0.2) is 34.3 Å². The molecule has 27 heavy (non-hydrogen) atoms. The van der Waals surface area contributed by atoms with E-state index in [1.165, 1.54) is 44.4 Å². The number of rotatable bonds is 6. The van der Waals surface area contributed by atoms with Gasteiger partial charge in [-0.15, -0.1) is 10.2 Å². The van der Waals surface area contributed by atoms with Gasteiger partial charge in [-0.2, -0.15) is 0 Å². The monoisotopic (exact) mass is 409 g/mol. The lowest BCUT2D eigenvalue weighted by Gasteiger charge is -2.12. The molecule has 0 atom stereocenters. The maximum atomic E-state index is 12.2. The quantitative estimate of drug-likeness (QED) is 0.733. The fourth-order valence-corrected chi connectivity index (χ4v) is 4.50. The number of fused-ring (bicyclic) bond motifs is 1. The van der Waals surface area contributed by atoms with Crippen LogP contribution in [0.2, 0.25) is 0 Å². The number of hydrogen-bond donors (Lipinski definition) is 1. The highest BCUT2D eigenvalue weighted by Gasteiger charge is 2.18. The standard InChI is InChI=1S/C17H23N5O3S2/c1-21(2)27(24,25)14-9-7-13(8-10-14)18-16(23)12-26-17-20-19-15-6-4-3-5-11-22(15)17/h7-10H,3-6,11-12H2,1-2H3,(H,18,23). The number of benzene rings is 1. The van der Waals surface area contributed by atoms with Crippen molar-refractivity contribution >= 4 is 33.4 Å². The van der Waals surface area contributed by atoms with Crippen molar-refractivity contribution in [2.24, 2.45) is 0 Å². The molecule has 3 rings (SSSR count). The van der Waals surface area contributed by atoms with Gasteiger partial charge in [0.25, 0.3) is 0 Å². The smallest absolute Gasteiger partial charge is 0.242 e. The number of nitrogens with zero attached hydrogens (tertiary/aromatic N) is 4. The summed E-state index contributed by atoms with van der Waals surface area (Å²) in [6, 6.07) is 6.14. The van der Waals surface area contributed by atoms with Crippen LogP contribution in [0, 0.1) is 0 Å². The zero-order valence-electron chi connectivity index (χ0n) is 15.4. The van der Waals surface area contributed by atoms with Crippen molar-refractivity contribution in [2.75, 3.05) is 25.2 Å². The molecule has 1 aromatic heterocycles. The highest BCUT2D eigenvalue weighted by molar-refractivity contribution is 7.99. The number of aryl methyl sites for hydroxylation is 1. The number of hydrogen-bond acceptors (Lipinski definition) is 6. The van der Waals surface area contributed by atoms with Gasteiger partial charge < -0.3 is 9.88 Å². The summed E-state index contributed by atoms with van der Waals surface area (Å²) < 4.78 is 27.4. The Kier molecular flexibility index (Phi) is 6.18. The average molecular weight is 410 g/mol. The van der Waals surface area contributed by atoms with Crippen LogP contribution >= 0.6 is 11.8 Å². The summed E-state index contributed by atoms with van der Waals surface area (Å²) in [5.41, 5.74) is 0.554. The molecule has 0 aliphatic carbocycles. The molecule has 1 aliphatic rings. The summed E-state index contributed by atoms with van der Waals surface area (Å²) in [5, 5.41) is 12.0. The van der Waals surface area contributed by atoms with Gasteiger partial charge in [0.05, 0.1) is 10.6 Å². The van der Waals surface area contributed by atoms with Crippen LogP contribution < -0.4 is 5.32 Å². The van der Waals surface area contributed by atoms with Gasteiger partial charge in [-0.3, -0.25) is 4.79 Å². The number of amides is 1. The van der Waals surface area contributed by atoms with Crippen LogP contribution in [0.5, 0.6) is 0 Å². The molecule has 0 bridgehead atoms. The number of sulfonamides is 1. The summed E-state index contributed by atoms with van der Waals surface area (Å²) in [6.07, 6.45) is 4.35. The first kappa shape index (κ1) is 19.8. The minimum absolute atomic E-state index is 0.172. The van der Waals surface area contributed by atoms with E-state index in [9.17, 15) is 13.2 Å². The highest BCUT2D eigenvalue weighted by atomic mass is 32.2. The second-order valence-corrected chi connectivity index (χ2v) is 9.60. The van der Waals surface area contributed by atoms with E-state index in [0.717, 1.165) is 41.1 Å². The third-order valence-corrected chi connectivity index (χ3v) is 7.12. The molecule has 0 fully saturated rings. The Morgan fingerprint density at radius 1 is 1.19 bits per heavy atom. The van der Waals surface area contributed by atoms with Crippen LogP contribution in [0.4, 0.5) is 5.69 Å². The van der Waals surface area contributed by atoms with Crippen molar-refractivity contribution in [2.45, 2.75) is 42.3 Å². The molecule has 1 amide bonds. The van der Waals surface area contributed by atoms with E-state index < -0.39 is 10.0 Å². The fraction of sp³-hybridized carbons (Fsp3) is 0.471. The van der Waals surface area contributed by atoms with Crippen LogP contribution in [0.3, 0.4) is 0 Å². The van der Waals surface area contributed by atoms with Crippen LogP contribution in [-0.2, 0) is 27.8 Å². The van der Waals surface area contributed by atoms with Crippen LogP contribution in [0.25, 0.3) is 0 Å². The zero-order valence-corrected chi connectivity index (χ0v) is 17.0. The largest absolute Gasteiger partial charge is 0.325 e. The SMILES string of the molecule is CN(C)S(=O)(=O)c1ccc(NC(=O)CSc2nnc3n2CCCCC3)cc1. The van der Waals surface area contributed by atoms with Gasteiger partial charge >= 0.3 is 0 Å². The Morgan fingerprint density at radius 3 is 2.63 bits per heavy atom. The molecule has 0 saturated heterocycles. The summed E-state index contributed by atoms with van der Waals surface area (Å²) in [4.78, 5) is 12.4. The number of thioether (sulfide) groups is 1. The average Bonchev–Trinajstić information content (AvgIpc) is 2.86. The Balaban J connectivity index is 1.58. The van der Waals surface area contributed by atoms with Gasteiger partial charge in [0.1, 0.15) is 5.82 Å². The normalized spacial score (nSPS) is 14.6. The van der Waals surface area contributed by atoms with Gasteiger partial charge in [-0.1, -0.05) is 18.2 Å². The molecule has 10 heteroatoms. The number of carbonyl (C=O) groups is 1. The number of nitrogens with one attached hydrogen (secondary N) is 1. The first-order chi connectivity index (χ1) is 12.9.